The highest BCUT2D eigenvalue weighted by atomic mass is 16.6. The topological polar surface area (TPSA) is 110 Å². The van der Waals surface area contributed by atoms with Gasteiger partial charge in [0.25, 0.3) is 11.7 Å². The van der Waals surface area contributed by atoms with Crippen molar-refractivity contribution in [2.24, 2.45) is 5.92 Å². The summed E-state index contributed by atoms with van der Waals surface area (Å²) in [5, 5.41) is 19.7. The van der Waals surface area contributed by atoms with Crippen molar-refractivity contribution in [3.05, 3.63) is 28.3 Å². The van der Waals surface area contributed by atoms with Crippen LogP contribution in [0.15, 0.2) is 22.6 Å². The van der Waals surface area contributed by atoms with Crippen LogP contribution in [0.5, 0.6) is 0 Å². The van der Waals surface area contributed by atoms with E-state index >= 15 is 0 Å². The Balaban J connectivity index is 1.82. The third-order valence-electron chi connectivity index (χ3n) is 3.69. The standard InChI is InChI=1S/C13H13N3O5/c17-12(18)8-3-5-15(6-4-8)13-14-10-7-9(16(19)20)1-2-11(10)21-13/h1-2,7-8H,3-6H2,(H,17,18). The Morgan fingerprint density at radius 2 is 2.14 bits per heavy atom. The van der Waals surface area contributed by atoms with Crippen LogP contribution in [0, 0.1) is 16.0 Å². The number of benzene rings is 1. The van der Waals surface area contributed by atoms with Gasteiger partial charge in [0.1, 0.15) is 5.52 Å². The molecule has 0 aliphatic carbocycles. The van der Waals surface area contributed by atoms with Crippen LogP contribution in [0.1, 0.15) is 12.8 Å². The molecule has 1 fully saturated rings. The SMILES string of the molecule is O=C(O)C1CCN(c2nc3cc([N+](=O)[O-])ccc3o2)CC1. The molecule has 21 heavy (non-hydrogen) atoms. The minimum Gasteiger partial charge on any atom is -0.481 e. The number of hydrogen-bond donors (Lipinski definition) is 1. The van der Waals surface area contributed by atoms with Crippen molar-refractivity contribution in [1.29, 1.82) is 0 Å². The van der Waals surface area contributed by atoms with E-state index in [-0.39, 0.29) is 11.6 Å². The number of hydrogen-bond acceptors (Lipinski definition) is 6. The normalized spacial score (nSPS) is 16.3. The molecule has 0 unspecified atom stereocenters. The number of nitro groups is 1. The first kappa shape index (κ1) is 13.3. The van der Waals surface area contributed by atoms with Gasteiger partial charge in [-0.05, 0) is 18.9 Å². The van der Waals surface area contributed by atoms with Gasteiger partial charge in [-0.15, -0.1) is 0 Å². The van der Waals surface area contributed by atoms with Crippen LogP contribution in [-0.4, -0.2) is 34.1 Å². The van der Waals surface area contributed by atoms with E-state index in [1.54, 1.807) is 0 Å². The van der Waals surface area contributed by atoms with Crippen LogP contribution in [0.2, 0.25) is 0 Å². The summed E-state index contributed by atoms with van der Waals surface area (Å²) < 4.78 is 5.58. The summed E-state index contributed by atoms with van der Waals surface area (Å²) in [5.41, 5.74) is 0.877. The maximum Gasteiger partial charge on any atom is 0.306 e. The van der Waals surface area contributed by atoms with Gasteiger partial charge in [-0.3, -0.25) is 14.9 Å². The van der Waals surface area contributed by atoms with E-state index in [9.17, 15) is 14.9 Å². The predicted octanol–water partition coefficient (Wildman–Crippen LogP) is 2.04. The van der Waals surface area contributed by atoms with Crippen LogP contribution < -0.4 is 4.90 Å². The van der Waals surface area contributed by atoms with Crippen molar-refractivity contribution in [3.8, 4) is 0 Å². The molecule has 1 aromatic carbocycles. The highest BCUT2D eigenvalue weighted by Gasteiger charge is 2.27. The Bertz CT molecular complexity index is 703. The van der Waals surface area contributed by atoms with Gasteiger partial charge in [-0.2, -0.15) is 4.98 Å². The largest absolute Gasteiger partial charge is 0.481 e. The Hall–Kier alpha value is -2.64. The highest BCUT2D eigenvalue weighted by molar-refractivity contribution is 5.77. The number of carboxylic acid groups (broad SMARTS) is 1. The van der Waals surface area contributed by atoms with E-state index < -0.39 is 10.9 Å². The van der Waals surface area contributed by atoms with Crippen LogP contribution in [0.4, 0.5) is 11.7 Å². The summed E-state index contributed by atoms with van der Waals surface area (Å²) in [6, 6.07) is 4.64. The number of fused-ring (bicyclic) bond motifs is 1. The van der Waals surface area contributed by atoms with Gasteiger partial charge in [0, 0.05) is 25.2 Å². The van der Waals surface area contributed by atoms with Crippen LogP contribution >= 0.6 is 0 Å². The van der Waals surface area contributed by atoms with Crippen molar-refractivity contribution in [2.75, 3.05) is 18.0 Å². The molecular weight excluding hydrogens is 278 g/mol. The molecule has 8 heteroatoms. The lowest BCUT2D eigenvalue weighted by atomic mass is 9.97. The van der Waals surface area contributed by atoms with Crippen molar-refractivity contribution >= 4 is 28.8 Å². The second kappa shape index (κ2) is 5.04. The van der Waals surface area contributed by atoms with Crippen molar-refractivity contribution in [1.82, 2.24) is 4.98 Å². The Kier molecular flexibility index (Phi) is 3.20. The number of carbonyl (C=O) groups is 1. The van der Waals surface area contributed by atoms with Gasteiger partial charge >= 0.3 is 5.97 Å². The second-order valence-corrected chi connectivity index (χ2v) is 5.01. The number of aromatic nitrogens is 1. The zero-order valence-corrected chi connectivity index (χ0v) is 11.1. The molecule has 0 atom stereocenters. The van der Waals surface area contributed by atoms with E-state index in [0.29, 0.717) is 43.0 Å². The lowest BCUT2D eigenvalue weighted by Gasteiger charge is -2.28. The van der Waals surface area contributed by atoms with Crippen molar-refractivity contribution < 1.29 is 19.2 Å². The molecular formula is C13H13N3O5. The third-order valence-corrected chi connectivity index (χ3v) is 3.69. The summed E-state index contributed by atoms with van der Waals surface area (Å²) >= 11 is 0. The molecule has 3 rings (SSSR count). The number of rotatable bonds is 3. The van der Waals surface area contributed by atoms with E-state index in [1.807, 2.05) is 4.90 Å². The first-order chi connectivity index (χ1) is 10.0. The van der Waals surface area contributed by atoms with Gasteiger partial charge in [0.15, 0.2) is 5.58 Å². The molecule has 8 nitrogen and oxygen atoms in total. The maximum atomic E-state index is 10.9. The second-order valence-electron chi connectivity index (χ2n) is 5.01. The average molecular weight is 291 g/mol. The molecule has 1 aromatic heterocycles. The van der Waals surface area contributed by atoms with Gasteiger partial charge in [0.05, 0.1) is 10.8 Å². The average Bonchev–Trinajstić information content (AvgIpc) is 2.90. The zero-order valence-electron chi connectivity index (χ0n) is 11.1. The van der Waals surface area contributed by atoms with E-state index in [4.69, 9.17) is 9.52 Å². The molecule has 1 N–H and O–H groups in total. The quantitative estimate of drug-likeness (QED) is 0.680. The number of nitro benzene ring substituents is 1. The van der Waals surface area contributed by atoms with Crippen LogP contribution in [0.3, 0.4) is 0 Å². The number of nitrogens with zero attached hydrogens (tertiary/aromatic N) is 3. The molecule has 1 aliphatic heterocycles. The molecule has 0 spiro atoms. The van der Waals surface area contributed by atoms with Crippen LogP contribution in [0.25, 0.3) is 11.1 Å². The number of oxazole rings is 1. The van der Waals surface area contributed by atoms with Gasteiger partial charge < -0.3 is 14.4 Å². The van der Waals surface area contributed by atoms with Gasteiger partial charge in [-0.25, -0.2) is 0 Å². The van der Waals surface area contributed by atoms with Gasteiger partial charge in [0.2, 0.25) is 0 Å². The molecule has 0 saturated carbocycles. The monoisotopic (exact) mass is 291 g/mol. The van der Waals surface area contributed by atoms with E-state index in [2.05, 4.69) is 4.98 Å². The third kappa shape index (κ3) is 2.51. The van der Waals surface area contributed by atoms with E-state index in [1.165, 1.54) is 18.2 Å². The van der Waals surface area contributed by atoms with Crippen molar-refractivity contribution in [2.45, 2.75) is 12.8 Å². The van der Waals surface area contributed by atoms with E-state index in [0.717, 1.165) is 0 Å². The summed E-state index contributed by atoms with van der Waals surface area (Å²) in [6.45, 7) is 1.10. The fourth-order valence-corrected chi connectivity index (χ4v) is 2.47. The number of non-ortho nitro benzene ring substituents is 1. The first-order valence-electron chi connectivity index (χ1n) is 6.57. The summed E-state index contributed by atoms with van der Waals surface area (Å²) in [6.07, 6.45) is 1.07. The lowest BCUT2D eigenvalue weighted by Crippen LogP contribution is -2.36. The molecule has 0 amide bonds. The Labute approximate surface area is 119 Å². The first-order valence-corrected chi connectivity index (χ1v) is 6.57. The predicted molar refractivity (Wildman–Crippen MR) is 73.2 cm³/mol. The fraction of sp³-hybridized carbons (Fsp3) is 0.385. The molecule has 0 bridgehead atoms. The Morgan fingerprint density at radius 3 is 2.76 bits per heavy atom. The summed E-state index contributed by atoms with van der Waals surface area (Å²) in [7, 11) is 0. The highest BCUT2D eigenvalue weighted by Crippen LogP contribution is 2.28. The number of piperidine rings is 1. The smallest absolute Gasteiger partial charge is 0.306 e. The summed E-state index contributed by atoms with van der Waals surface area (Å²) in [4.78, 5) is 27.3. The number of anilines is 1. The minimum absolute atomic E-state index is 0.0352. The molecule has 0 radical (unpaired) electrons. The number of carboxylic acids is 1. The molecule has 2 heterocycles. The van der Waals surface area contributed by atoms with Gasteiger partial charge in [-0.1, -0.05) is 0 Å². The fourth-order valence-electron chi connectivity index (χ4n) is 2.47. The lowest BCUT2D eigenvalue weighted by molar-refractivity contribution is -0.384. The minimum atomic E-state index is -0.775. The zero-order chi connectivity index (χ0) is 15.0. The number of aliphatic carboxylic acids is 1. The molecule has 2 aromatic rings. The van der Waals surface area contributed by atoms with Crippen LogP contribution in [-0.2, 0) is 4.79 Å². The molecule has 1 saturated heterocycles. The molecule has 110 valence electrons. The molecule has 1 aliphatic rings. The Morgan fingerprint density at radius 1 is 1.43 bits per heavy atom. The van der Waals surface area contributed by atoms with Crippen molar-refractivity contribution in [3.63, 3.8) is 0 Å². The summed E-state index contributed by atoms with van der Waals surface area (Å²) in [5.74, 6) is -1.10. The maximum absolute atomic E-state index is 10.9.